The monoisotopic (exact) mass is 881 g/mol. The van der Waals surface area contributed by atoms with E-state index >= 15 is 0 Å². The first-order valence-corrected chi connectivity index (χ1v) is 27.1. The fourth-order valence-corrected chi connectivity index (χ4v) is 7.93. The summed E-state index contributed by atoms with van der Waals surface area (Å²) in [5, 5.41) is 8.47. The molecule has 0 aliphatic rings. The molecule has 10 heteroatoms. The standard InChI is InChI=1S/3C16H36N.CNS.H2O4S/c3*1-5-9-13-17(14-10-6-2,15-11-7-3)16-12-8-4;2-1-3;1-5(2,3)4/h3*5-16H2,1-4H3;;(H2,1,2,3,4)/q3*+1;-1;/p-2. The van der Waals surface area contributed by atoms with Gasteiger partial charge in [-0.1, -0.05) is 172 Å². The van der Waals surface area contributed by atoms with E-state index in [0.717, 1.165) is 0 Å². The molecule has 0 fully saturated rings. The van der Waals surface area contributed by atoms with Crippen molar-refractivity contribution >= 4 is 27.8 Å². The van der Waals surface area contributed by atoms with E-state index in [2.05, 4.69) is 95.3 Å². The van der Waals surface area contributed by atoms with Crippen LogP contribution in [0.15, 0.2) is 0 Å². The zero-order valence-corrected chi connectivity index (χ0v) is 43.8. The second-order valence-electron chi connectivity index (χ2n) is 17.5. The SMILES string of the molecule is CCCC[N+](CCCC)(CCCC)CCCC.CCCC[N+](CCCC)(CCCC)CCCC.CCCC[N+](CCCC)(CCCC)CCCC.O=S(=O)([O-])[O-].[N-]=C=S. The number of hydrogen-bond acceptors (Lipinski definition) is 5. The summed E-state index contributed by atoms with van der Waals surface area (Å²) in [5.74, 6) is 0. The summed E-state index contributed by atoms with van der Waals surface area (Å²) >= 11 is 3.70. The summed E-state index contributed by atoms with van der Waals surface area (Å²) in [6.45, 7) is 45.1. The number of isothiocyanates is 1. The average molecular weight is 882 g/mol. The van der Waals surface area contributed by atoms with Crippen molar-refractivity contribution in [3.05, 3.63) is 5.41 Å². The van der Waals surface area contributed by atoms with Crippen molar-refractivity contribution in [2.24, 2.45) is 0 Å². The molecule has 0 unspecified atom stereocenters. The maximum absolute atomic E-state index is 8.52. The number of nitrogens with zero attached hydrogens (tertiary/aromatic N) is 4. The lowest BCUT2D eigenvalue weighted by atomic mass is 10.1. The van der Waals surface area contributed by atoms with Gasteiger partial charge >= 0.3 is 0 Å². The van der Waals surface area contributed by atoms with Crippen LogP contribution >= 0.6 is 12.2 Å². The highest BCUT2D eigenvalue weighted by Crippen LogP contribution is 2.19. The van der Waals surface area contributed by atoms with Crippen LogP contribution in [0.25, 0.3) is 5.41 Å². The first kappa shape index (κ1) is 67.6. The molecule has 0 spiro atoms. The van der Waals surface area contributed by atoms with Gasteiger partial charge in [-0.15, -0.1) is 0 Å². The Morgan fingerprint density at radius 3 is 0.458 bits per heavy atom. The Labute approximate surface area is 378 Å². The highest BCUT2D eigenvalue weighted by atomic mass is 32.3. The predicted octanol–water partition coefficient (Wildman–Crippen LogP) is 14.3. The fourth-order valence-electron chi connectivity index (χ4n) is 7.93. The minimum atomic E-state index is -5.17. The normalized spacial score (nSPS) is 11.5. The molecule has 0 rings (SSSR count). The molecule has 0 amide bonds. The molecule has 0 aromatic rings. The van der Waals surface area contributed by atoms with Crippen LogP contribution in [0.4, 0.5) is 0 Å². The molecule has 8 nitrogen and oxygen atoms in total. The molecule has 59 heavy (non-hydrogen) atoms. The van der Waals surface area contributed by atoms with Crippen LogP contribution in [0.5, 0.6) is 0 Å². The van der Waals surface area contributed by atoms with Gasteiger partial charge in [-0.2, -0.15) is 5.16 Å². The number of unbranched alkanes of at least 4 members (excludes halogenated alkanes) is 12. The lowest BCUT2D eigenvalue weighted by Gasteiger charge is -2.39. The smallest absolute Gasteiger partial charge is 0.0786 e. The Kier molecular flexibility index (Phi) is 57.5. The van der Waals surface area contributed by atoms with E-state index in [1.807, 2.05) is 0 Å². The molecule has 0 heterocycles. The summed E-state index contributed by atoms with van der Waals surface area (Å²) < 4.78 is 38.3. The minimum absolute atomic E-state index is 1.33. The van der Waals surface area contributed by atoms with E-state index in [0.29, 0.717) is 0 Å². The molecule has 0 aliphatic carbocycles. The van der Waals surface area contributed by atoms with Crippen molar-refractivity contribution < 1.29 is 31.0 Å². The summed E-state index contributed by atoms with van der Waals surface area (Å²) in [6.07, 6.45) is 33.2. The molecular formula is C49H108N4O4S2. The molecule has 360 valence electrons. The maximum atomic E-state index is 8.52. The molecule has 0 aliphatic heterocycles. The van der Waals surface area contributed by atoms with Gasteiger partial charge in [0, 0.05) is 10.4 Å². The number of rotatable bonds is 36. The van der Waals surface area contributed by atoms with Crippen molar-refractivity contribution in [3.8, 4) is 0 Å². The zero-order chi connectivity index (χ0) is 46.2. The quantitative estimate of drug-likeness (QED) is 0.0205. The molecule has 0 radical (unpaired) electrons. The van der Waals surface area contributed by atoms with Crippen molar-refractivity contribution in [2.45, 2.75) is 237 Å². The summed E-state index contributed by atoms with van der Waals surface area (Å²) in [6, 6.07) is 0. The van der Waals surface area contributed by atoms with Gasteiger partial charge in [-0.05, 0) is 77.0 Å². The molecule has 0 aromatic heterocycles. The van der Waals surface area contributed by atoms with Crippen molar-refractivity contribution in [3.63, 3.8) is 0 Å². The first-order chi connectivity index (χ1) is 28.1. The summed E-state index contributed by atoms with van der Waals surface area (Å²) in [4.78, 5) is 0. The molecule has 0 atom stereocenters. The van der Waals surface area contributed by atoms with Gasteiger partial charge in [0.25, 0.3) is 0 Å². The Hall–Kier alpha value is -0.450. The maximum Gasteiger partial charge on any atom is 0.0786 e. The molecule has 0 N–H and O–H groups in total. The predicted molar refractivity (Wildman–Crippen MR) is 265 cm³/mol. The third-order valence-corrected chi connectivity index (χ3v) is 11.8. The van der Waals surface area contributed by atoms with E-state index in [-0.39, 0.29) is 0 Å². The molecule has 0 bridgehead atoms. The summed E-state index contributed by atoms with van der Waals surface area (Å²) in [5.41, 5.74) is 0. The number of thiocarbonyl (C=S) groups is 1. The minimum Gasteiger partial charge on any atom is -0.759 e. The Morgan fingerprint density at radius 2 is 0.407 bits per heavy atom. The van der Waals surface area contributed by atoms with Crippen LogP contribution in [0.3, 0.4) is 0 Å². The molecular weight excluding hydrogens is 773 g/mol. The fraction of sp³-hybridized carbons (Fsp3) is 0.980. The lowest BCUT2D eigenvalue weighted by molar-refractivity contribution is -0.929. The van der Waals surface area contributed by atoms with Gasteiger partial charge in [0.05, 0.1) is 78.5 Å². The van der Waals surface area contributed by atoms with Crippen molar-refractivity contribution in [1.82, 2.24) is 0 Å². The number of quaternary nitrogens is 3. The molecule has 0 aromatic carbocycles. The van der Waals surface area contributed by atoms with Crippen LogP contribution in [0, 0.1) is 0 Å². The van der Waals surface area contributed by atoms with Crippen molar-refractivity contribution in [1.29, 1.82) is 0 Å². The lowest BCUT2D eigenvalue weighted by Crippen LogP contribution is -2.50. The Balaban J connectivity index is -0.000000225. The Bertz CT molecular complexity index is 740. The van der Waals surface area contributed by atoms with Crippen LogP contribution in [0.2, 0.25) is 0 Å². The van der Waals surface area contributed by atoms with E-state index in [9.17, 15) is 0 Å². The number of hydrogen-bond donors (Lipinski definition) is 0. The molecule has 0 saturated heterocycles. The first-order valence-electron chi connectivity index (χ1n) is 25.4. The van der Waals surface area contributed by atoms with Crippen LogP contribution in [0.1, 0.15) is 237 Å². The molecule has 0 saturated carbocycles. The van der Waals surface area contributed by atoms with Crippen LogP contribution in [-0.4, -0.2) is 115 Å². The Morgan fingerprint density at radius 1 is 0.339 bits per heavy atom. The van der Waals surface area contributed by atoms with Gasteiger partial charge in [-0.3, -0.25) is 8.42 Å². The van der Waals surface area contributed by atoms with Gasteiger partial charge in [0.15, 0.2) is 0 Å². The van der Waals surface area contributed by atoms with Gasteiger partial charge in [0.2, 0.25) is 0 Å². The topological polar surface area (TPSA) is 103 Å². The highest BCUT2D eigenvalue weighted by Gasteiger charge is 2.26. The average Bonchev–Trinajstić information content (AvgIpc) is 3.22. The van der Waals surface area contributed by atoms with E-state index < -0.39 is 10.4 Å². The van der Waals surface area contributed by atoms with E-state index in [1.54, 1.807) is 0 Å². The van der Waals surface area contributed by atoms with Gasteiger partial charge < -0.3 is 28.0 Å². The summed E-state index contributed by atoms with van der Waals surface area (Å²) in [7, 11) is -5.17. The third-order valence-electron chi connectivity index (χ3n) is 11.8. The second kappa shape index (κ2) is 50.2. The van der Waals surface area contributed by atoms with E-state index in [1.165, 1.54) is 251 Å². The van der Waals surface area contributed by atoms with Crippen LogP contribution < -0.4 is 0 Å². The van der Waals surface area contributed by atoms with Gasteiger partial charge in [0.1, 0.15) is 0 Å². The van der Waals surface area contributed by atoms with Gasteiger partial charge in [-0.25, -0.2) is 0 Å². The van der Waals surface area contributed by atoms with Crippen molar-refractivity contribution in [2.75, 3.05) is 78.5 Å². The van der Waals surface area contributed by atoms with Crippen LogP contribution in [-0.2, 0) is 10.4 Å². The largest absolute Gasteiger partial charge is 0.759 e. The highest BCUT2D eigenvalue weighted by molar-refractivity contribution is 7.79. The second-order valence-corrected chi connectivity index (χ2v) is 18.4. The zero-order valence-electron chi connectivity index (χ0n) is 42.2. The third kappa shape index (κ3) is 50.1. The van der Waals surface area contributed by atoms with E-state index in [4.69, 9.17) is 22.9 Å².